The summed E-state index contributed by atoms with van der Waals surface area (Å²) in [6.07, 6.45) is 2.95. The molecule has 2 N–H and O–H groups in total. The van der Waals surface area contributed by atoms with Gasteiger partial charge >= 0.3 is 0 Å². The molecule has 0 aliphatic carbocycles. The van der Waals surface area contributed by atoms with Crippen molar-refractivity contribution < 1.29 is 24.5 Å². The normalized spacial score (nSPS) is 29.1. The van der Waals surface area contributed by atoms with Crippen LogP contribution in [0.1, 0.15) is 18.4 Å². The maximum absolute atomic E-state index is 13.3. The van der Waals surface area contributed by atoms with Gasteiger partial charge in [-0.25, -0.2) is 4.98 Å². The van der Waals surface area contributed by atoms with E-state index in [9.17, 15) is 15.0 Å². The molecule has 1 aromatic rings. The van der Waals surface area contributed by atoms with Crippen LogP contribution in [-0.4, -0.2) is 90.6 Å². The van der Waals surface area contributed by atoms with E-state index < -0.39 is 5.41 Å². The van der Waals surface area contributed by atoms with Crippen LogP contribution in [0.15, 0.2) is 18.3 Å². The number of hydrogen-bond acceptors (Lipinski definition) is 7. The first-order valence-corrected chi connectivity index (χ1v) is 10.3. The minimum absolute atomic E-state index is 0.0245. The molecule has 2 atom stereocenters. The molecule has 8 nitrogen and oxygen atoms in total. The van der Waals surface area contributed by atoms with Gasteiger partial charge in [0.25, 0.3) is 0 Å². The quantitative estimate of drug-likeness (QED) is 0.695. The van der Waals surface area contributed by atoms with Crippen molar-refractivity contribution >= 4 is 5.91 Å². The lowest BCUT2D eigenvalue weighted by Crippen LogP contribution is -2.49. The van der Waals surface area contributed by atoms with Crippen LogP contribution in [-0.2, 0) is 16.1 Å². The fraction of sp³-hybridized carbons (Fsp3) is 0.714. The number of hydrogen-bond donors (Lipinski definition) is 2. The second kappa shape index (κ2) is 8.18. The molecule has 0 radical (unpaired) electrons. The highest BCUT2D eigenvalue weighted by Gasteiger charge is 2.55. The van der Waals surface area contributed by atoms with Crippen LogP contribution >= 0.6 is 0 Å². The van der Waals surface area contributed by atoms with Crippen molar-refractivity contribution in [1.82, 2.24) is 14.8 Å². The molecular formula is C21H31N3O5. The Morgan fingerprint density at radius 2 is 2.03 bits per heavy atom. The number of aliphatic hydroxyl groups excluding tert-OH is 2. The van der Waals surface area contributed by atoms with Crippen LogP contribution in [0, 0.1) is 16.7 Å². The van der Waals surface area contributed by atoms with E-state index in [0.29, 0.717) is 45.0 Å². The second-order valence-corrected chi connectivity index (χ2v) is 8.83. The van der Waals surface area contributed by atoms with E-state index in [1.165, 1.54) is 0 Å². The Hall–Kier alpha value is -1.74. The second-order valence-electron chi connectivity index (χ2n) is 8.83. The molecule has 0 bridgehead atoms. The third-order valence-electron chi connectivity index (χ3n) is 7.05. The molecule has 0 saturated carbocycles. The Bertz CT molecular complexity index is 722. The van der Waals surface area contributed by atoms with E-state index in [1.54, 1.807) is 7.11 Å². The first-order valence-electron chi connectivity index (χ1n) is 10.3. The molecule has 160 valence electrons. The molecule has 0 spiro atoms. The molecule has 1 aromatic heterocycles. The van der Waals surface area contributed by atoms with Crippen molar-refractivity contribution in [3.05, 3.63) is 23.9 Å². The highest BCUT2D eigenvalue weighted by Crippen LogP contribution is 2.44. The number of amides is 1. The molecule has 29 heavy (non-hydrogen) atoms. The largest absolute Gasteiger partial charge is 0.481 e. The number of aliphatic hydroxyl groups is 2. The van der Waals surface area contributed by atoms with Crippen LogP contribution in [0.3, 0.4) is 0 Å². The number of ether oxygens (including phenoxy) is 2. The Morgan fingerprint density at radius 1 is 1.24 bits per heavy atom. The molecule has 3 saturated heterocycles. The molecule has 4 rings (SSSR count). The number of methoxy groups -OCH3 is 1. The molecule has 2 unspecified atom stereocenters. The van der Waals surface area contributed by atoms with Gasteiger partial charge in [-0.2, -0.15) is 0 Å². The standard InChI is InChI=1S/C21H31N3O5/c1-28-18-3-2-16(8-22-18)9-23-10-17-11-24(13-21(17,12-23)15-26)19(27)20(14-25)4-6-29-7-5-20/h2-3,8,17,25-26H,4-7,9-15H2,1H3. The molecule has 1 amide bonds. The van der Waals surface area contributed by atoms with Gasteiger partial charge in [0.15, 0.2) is 0 Å². The number of pyridine rings is 1. The average molecular weight is 405 g/mol. The van der Waals surface area contributed by atoms with Gasteiger partial charge < -0.3 is 24.6 Å². The lowest BCUT2D eigenvalue weighted by atomic mass is 9.79. The number of nitrogens with zero attached hydrogens (tertiary/aromatic N) is 3. The summed E-state index contributed by atoms with van der Waals surface area (Å²) in [6.45, 7) is 4.49. The molecule has 4 heterocycles. The van der Waals surface area contributed by atoms with Gasteiger partial charge in [-0.15, -0.1) is 0 Å². The van der Waals surface area contributed by atoms with E-state index in [2.05, 4.69) is 9.88 Å². The van der Waals surface area contributed by atoms with Gasteiger partial charge in [0.05, 0.1) is 25.7 Å². The van der Waals surface area contributed by atoms with Crippen molar-refractivity contribution in [1.29, 1.82) is 0 Å². The van der Waals surface area contributed by atoms with Gasteiger partial charge in [0.1, 0.15) is 0 Å². The van der Waals surface area contributed by atoms with Crippen molar-refractivity contribution in [2.24, 2.45) is 16.7 Å². The van der Waals surface area contributed by atoms with E-state index in [1.807, 2.05) is 23.2 Å². The molecule has 0 aromatic carbocycles. The molecule has 3 aliphatic rings. The molecule has 3 aliphatic heterocycles. The molecular weight excluding hydrogens is 374 g/mol. The zero-order valence-corrected chi connectivity index (χ0v) is 17.0. The van der Waals surface area contributed by atoms with Crippen LogP contribution in [0.4, 0.5) is 0 Å². The topological polar surface area (TPSA) is 95.4 Å². The van der Waals surface area contributed by atoms with Crippen molar-refractivity contribution in [3.8, 4) is 5.88 Å². The van der Waals surface area contributed by atoms with Gasteiger partial charge in [-0.1, -0.05) is 6.07 Å². The lowest BCUT2D eigenvalue weighted by Gasteiger charge is -2.38. The Balaban J connectivity index is 1.42. The van der Waals surface area contributed by atoms with Gasteiger partial charge in [-0.05, 0) is 24.3 Å². The maximum atomic E-state index is 13.3. The first-order chi connectivity index (χ1) is 14.0. The summed E-state index contributed by atoms with van der Waals surface area (Å²) in [6, 6.07) is 3.87. The number of aromatic nitrogens is 1. The van der Waals surface area contributed by atoms with Crippen molar-refractivity contribution in [2.45, 2.75) is 19.4 Å². The predicted octanol–water partition coefficient (Wildman–Crippen LogP) is 0.132. The van der Waals surface area contributed by atoms with Crippen molar-refractivity contribution in [2.75, 3.05) is 59.7 Å². The van der Waals surface area contributed by atoms with Crippen LogP contribution in [0.2, 0.25) is 0 Å². The SMILES string of the molecule is COc1ccc(CN2CC3CN(C(=O)C4(CO)CCOCC4)CC3(CO)C2)cn1. The van der Waals surface area contributed by atoms with Crippen molar-refractivity contribution in [3.63, 3.8) is 0 Å². The van der Waals surface area contributed by atoms with E-state index in [0.717, 1.165) is 25.2 Å². The zero-order valence-electron chi connectivity index (χ0n) is 17.0. The van der Waals surface area contributed by atoms with Crippen LogP contribution in [0.5, 0.6) is 5.88 Å². The zero-order chi connectivity index (χ0) is 20.5. The fourth-order valence-corrected chi connectivity index (χ4v) is 5.21. The van der Waals surface area contributed by atoms with Gasteiger partial charge in [-0.3, -0.25) is 9.69 Å². The Kier molecular flexibility index (Phi) is 5.79. The summed E-state index contributed by atoms with van der Waals surface area (Å²) in [7, 11) is 1.60. The maximum Gasteiger partial charge on any atom is 0.231 e. The summed E-state index contributed by atoms with van der Waals surface area (Å²) in [4.78, 5) is 21.8. The average Bonchev–Trinajstić information content (AvgIpc) is 3.28. The fourth-order valence-electron chi connectivity index (χ4n) is 5.21. The summed E-state index contributed by atoms with van der Waals surface area (Å²) >= 11 is 0. The highest BCUT2D eigenvalue weighted by molar-refractivity contribution is 5.83. The number of likely N-dealkylation sites (tertiary alicyclic amines) is 2. The van der Waals surface area contributed by atoms with E-state index >= 15 is 0 Å². The van der Waals surface area contributed by atoms with Crippen LogP contribution in [0.25, 0.3) is 0 Å². The number of carbonyl (C=O) groups is 1. The summed E-state index contributed by atoms with van der Waals surface area (Å²) < 4.78 is 10.5. The highest BCUT2D eigenvalue weighted by atomic mass is 16.5. The number of fused-ring (bicyclic) bond motifs is 1. The van der Waals surface area contributed by atoms with Crippen LogP contribution < -0.4 is 4.74 Å². The Labute approximate surface area is 171 Å². The Morgan fingerprint density at radius 3 is 2.62 bits per heavy atom. The molecule has 8 heteroatoms. The third-order valence-corrected chi connectivity index (χ3v) is 7.05. The van der Waals surface area contributed by atoms with E-state index in [4.69, 9.17) is 9.47 Å². The molecule has 3 fully saturated rings. The monoisotopic (exact) mass is 405 g/mol. The number of rotatable bonds is 6. The lowest BCUT2D eigenvalue weighted by molar-refractivity contribution is -0.151. The summed E-state index contributed by atoms with van der Waals surface area (Å²) in [5.74, 6) is 0.855. The first kappa shape index (κ1) is 20.5. The van der Waals surface area contributed by atoms with Gasteiger partial charge in [0, 0.05) is 63.6 Å². The predicted molar refractivity (Wildman–Crippen MR) is 105 cm³/mol. The van der Waals surface area contributed by atoms with Gasteiger partial charge in [0.2, 0.25) is 11.8 Å². The summed E-state index contributed by atoms with van der Waals surface area (Å²) in [5.41, 5.74) is 0.0903. The minimum atomic E-state index is -0.720. The third kappa shape index (κ3) is 3.74. The van der Waals surface area contributed by atoms with E-state index in [-0.39, 0.29) is 30.5 Å². The smallest absolute Gasteiger partial charge is 0.231 e. The summed E-state index contributed by atoms with van der Waals surface area (Å²) in [5, 5.41) is 20.2. The minimum Gasteiger partial charge on any atom is -0.481 e. The number of carbonyl (C=O) groups excluding carboxylic acids is 1.